The monoisotopic (exact) mass is 1260 g/mol. The summed E-state index contributed by atoms with van der Waals surface area (Å²) in [5, 5.41) is 45.6. The van der Waals surface area contributed by atoms with E-state index >= 15 is 0 Å². The number of anilines is 4. The molecule has 17 nitrogen and oxygen atoms in total. The number of aromatic hydroxyl groups is 3. The summed E-state index contributed by atoms with van der Waals surface area (Å²) in [5.74, 6) is -3.18. The van der Waals surface area contributed by atoms with Crippen LogP contribution in [0.4, 0.5) is 23.7 Å². The molecule has 4 rings (SSSR count). The number of nitrogens with one attached hydrogen (secondary N) is 2. The third-order valence-electron chi connectivity index (χ3n) is 3.84. The van der Waals surface area contributed by atoms with Gasteiger partial charge in [0.15, 0.2) is 5.76 Å². The van der Waals surface area contributed by atoms with Gasteiger partial charge in [0.1, 0.15) is 5.82 Å². The largest absolute Gasteiger partial charge is 0.647 e. The topological polar surface area (TPSA) is 229 Å². The molecule has 4 aromatic rings. The first-order valence-corrected chi connectivity index (χ1v) is 8.53. The van der Waals surface area contributed by atoms with E-state index in [2.05, 4.69) is 76.6 Å². The number of hydrogen-bond acceptors (Lipinski definition) is 17. The summed E-state index contributed by atoms with van der Waals surface area (Å²) in [6.45, 7) is 0. The van der Waals surface area contributed by atoms with Crippen LogP contribution in [0.5, 0.6) is 34.9 Å². The molecule has 36 heavy (non-hydrogen) atoms. The van der Waals surface area contributed by atoms with Crippen LogP contribution in [-0.4, -0.2) is 45.7 Å². The molecule has 0 aliphatic heterocycles. The molecule has 180 valence electrons. The first-order valence-electron chi connectivity index (χ1n) is 8.53. The van der Waals surface area contributed by atoms with Gasteiger partial charge < -0.3 is 43.1 Å². The fourth-order valence-corrected chi connectivity index (χ4v) is 2.37. The molecule has 0 aromatic carbocycles. The Morgan fingerprint density at radius 3 is 1.44 bits per heavy atom. The number of rotatable bonds is 9. The second-order valence-corrected chi connectivity index (χ2v) is 5.85. The van der Waals surface area contributed by atoms with Gasteiger partial charge in [0, 0.05) is 0 Å². The van der Waals surface area contributed by atoms with Crippen molar-refractivity contribution >= 4 is 23.7 Å². The fourth-order valence-electron chi connectivity index (χ4n) is 2.37. The molecule has 0 fully saturated rings. The maximum atomic E-state index is 10.1. The Labute approximate surface area is 182 Å². The third kappa shape index (κ3) is 4.38. The van der Waals surface area contributed by atoms with Crippen LogP contribution in [-0.2, 0) is 6.42 Å². The van der Waals surface area contributed by atoms with Crippen molar-refractivity contribution in [2.75, 3.05) is 10.6 Å². The molecule has 0 spiro atoms. The van der Waals surface area contributed by atoms with Crippen molar-refractivity contribution in [3.8, 4) is 34.9 Å². The van der Waals surface area contributed by atoms with E-state index in [0.29, 0.717) is 0 Å². The average molecular weight is 1260 g/mol. The number of aromatic nitrogens is 6. The quantitative estimate of drug-likeness (QED) is 0.150. The predicted octanol–water partition coefficient (Wildman–Crippen LogP) is 1.54. The zero-order valence-electron chi connectivity index (χ0n) is 18.4. The van der Waals surface area contributed by atoms with E-state index in [1.54, 1.807) is 0 Å². The van der Waals surface area contributed by atoms with Crippen LogP contribution in [0.15, 0.2) is 13.6 Å². The molecule has 0 aliphatic rings. The summed E-state index contributed by atoms with van der Waals surface area (Å²) in [6, 6.07) is 0. The minimum atomic E-state index is -0.503. The smallest absolute Gasteiger partial charge is 0.277 e. The Morgan fingerprint density at radius 2 is 1.06 bits per heavy atom. The molecule has 0 atom stereocenters. The summed E-state index contributed by atoms with van der Waals surface area (Å²) in [4.78, 5) is 12.3. The van der Waals surface area contributed by atoms with Crippen molar-refractivity contribution in [1.29, 1.82) is 0 Å². The fraction of sp³-hybridized carbons (Fsp3) is 0.0625. The molecule has 0 unspecified atom stereocenters. The zero-order chi connectivity index (χ0) is 23.5. The van der Waals surface area contributed by atoms with E-state index < -0.39 is 17.2 Å². The summed E-state index contributed by atoms with van der Waals surface area (Å²) in [7, 11) is 9.39. The molecule has 0 saturated carbocycles. The van der Waals surface area contributed by atoms with Gasteiger partial charge in [-0.1, -0.05) is 0 Å². The molecule has 0 aliphatic carbocycles. The molecule has 4 aromatic heterocycles. The van der Waals surface area contributed by atoms with E-state index in [4.69, 9.17) is 13.6 Å². The Hall–Kier alpha value is -7.96. The summed E-state index contributed by atoms with van der Waals surface area (Å²) in [6.07, 6.45) is -0.195. The molecule has 0 radical (unpaired) electrons. The Balaban J connectivity index is 0.00000216. The predicted molar refractivity (Wildman–Crippen MR) is 102 cm³/mol. The van der Waals surface area contributed by atoms with E-state index in [1.165, 1.54) is 0 Å². The van der Waals surface area contributed by atoms with Gasteiger partial charge in [0.05, 0.1) is 6.42 Å². The van der Waals surface area contributed by atoms with Gasteiger partial charge in [0.2, 0.25) is 29.1 Å². The zero-order valence-corrected chi connectivity index (χ0v) is 37.6. The Bertz CT molecular complexity index is 1120. The van der Waals surface area contributed by atoms with Gasteiger partial charge in [-0.15, -0.1) is 0 Å². The van der Waals surface area contributed by atoms with Crippen molar-refractivity contribution in [2.24, 2.45) is 0 Å². The summed E-state index contributed by atoms with van der Waals surface area (Å²) >= 11 is 0. The van der Waals surface area contributed by atoms with Crippen molar-refractivity contribution in [3.63, 3.8) is 0 Å². The van der Waals surface area contributed by atoms with E-state index in [0.717, 1.165) is 0 Å². The van der Waals surface area contributed by atoms with Crippen LogP contribution in [0, 0.1) is 21.3 Å². The third-order valence-corrected chi connectivity index (χ3v) is 3.84. The number of ether oxygens (including phenoxy) is 3. The number of nitrogens with zero attached hydrogens (tertiary/aromatic N) is 6. The van der Waals surface area contributed by atoms with Crippen molar-refractivity contribution in [3.05, 3.63) is 32.9 Å². The van der Waals surface area contributed by atoms with E-state index in [9.17, 15) is 15.3 Å². The molecular formula is C16H13N8O9Rf3-3. The first kappa shape index (κ1) is 26.1. The van der Waals surface area contributed by atoms with Gasteiger partial charge in [-0.3, -0.25) is 10.6 Å². The number of hydrogen-bond donors (Lipinski definition) is 5. The Kier molecular flexibility index (Phi) is 7.17. The molecule has 5 N–H and O–H groups in total. The second kappa shape index (κ2) is 9.90. The van der Waals surface area contributed by atoms with Gasteiger partial charge >= 0.3 is 0 Å². The van der Waals surface area contributed by atoms with Crippen LogP contribution in [0.25, 0.3) is 0 Å². The van der Waals surface area contributed by atoms with Crippen molar-refractivity contribution < 1.29 is 43.1 Å². The minimum absolute atomic E-state index is 0. The Morgan fingerprint density at radius 1 is 0.639 bits per heavy atom. The van der Waals surface area contributed by atoms with Crippen molar-refractivity contribution in [2.45, 2.75) is 6.42 Å². The van der Waals surface area contributed by atoms with Gasteiger partial charge in [-0.05, 0) is 15.5 Å². The van der Waals surface area contributed by atoms with Crippen LogP contribution in [0.1, 0.15) is 11.6 Å². The molecule has 20 heteroatoms. The van der Waals surface area contributed by atoms with Gasteiger partial charge in [0.25, 0.3) is 29.4 Å². The second-order valence-electron chi connectivity index (χ2n) is 5.85. The molecule has 0 amide bonds. The van der Waals surface area contributed by atoms with Crippen molar-refractivity contribution in [1.82, 2.24) is 30.4 Å². The summed E-state index contributed by atoms with van der Waals surface area (Å²) < 4.78 is 28.6. The average Bonchev–Trinajstić information content (AvgIpc) is 3.46. The first-order chi connectivity index (χ1) is 15.9. The van der Waals surface area contributed by atoms with Crippen LogP contribution in [0.3, 0.4) is 0 Å². The van der Waals surface area contributed by atoms with Crippen LogP contribution >= 0.6 is 0 Å². The molecule has 0 saturated heterocycles. The van der Waals surface area contributed by atoms with Gasteiger partial charge in [-0.25, -0.2) is 0 Å². The van der Waals surface area contributed by atoms with Gasteiger partial charge in [-0.2, -0.15) is 36.3 Å². The maximum Gasteiger partial charge on any atom is 0.277 e. The molecule has 4 heterocycles. The SMILES string of the molecule is [CH2-]Oc1noc(Cc2nc(Nc3onc(O[CH2-])c3O)nc(Nc3onc(O[CH2-])c3O)n2)c1O.[Rf].[Rf].[Rf]. The normalized spacial score (nSPS) is 9.86. The molecule has 0 bridgehead atoms. The van der Waals surface area contributed by atoms with E-state index in [1.807, 2.05) is 0 Å². The standard InChI is InChI=1S/C16H13N8O9.3Rf/c1-28-12-7(25)5(31-22-12)4-6-17-15(19-10-8(26)13(29-2)23-32-10)21-16(18-6)20-11-9(27)14(30-3)24-33-11;;;/h25-27H,1-4H2,(H2,17,18,19,20,21);;;/q-3;;;. The minimum Gasteiger partial charge on any atom is -0.647 e. The van der Waals surface area contributed by atoms with Crippen LogP contribution in [0.2, 0.25) is 0 Å². The van der Waals surface area contributed by atoms with Crippen LogP contribution < -0.4 is 24.8 Å². The maximum absolute atomic E-state index is 10.1. The molecular weight excluding hydrogens is 1250 g/mol. The summed E-state index contributed by atoms with van der Waals surface area (Å²) in [5.41, 5.74) is 0. The van der Waals surface area contributed by atoms with E-state index in [-0.39, 0.29) is 59.3 Å².